The molecule has 2 amide bonds. The van der Waals surface area contributed by atoms with Gasteiger partial charge in [0.15, 0.2) is 12.5 Å². The number of aliphatic hydroxyl groups is 1. The summed E-state index contributed by atoms with van der Waals surface area (Å²) < 4.78 is 0.918. The molecular formula is C26H66ClN3O4. The number of carbonyl (C=O) groups is 3. The third kappa shape index (κ3) is 18.2. The number of aliphatic hydroxyl groups excluding tert-OH is 1. The van der Waals surface area contributed by atoms with Crippen molar-refractivity contribution >= 4 is 18.1 Å². The maximum Gasteiger partial charge on any atom is 0.225 e. The molecule has 1 rings (SSSR count). The van der Waals surface area contributed by atoms with Gasteiger partial charge in [0.05, 0.1) is 27.2 Å². The van der Waals surface area contributed by atoms with Crippen molar-refractivity contribution in [1.82, 2.24) is 5.32 Å². The van der Waals surface area contributed by atoms with Gasteiger partial charge < -0.3 is 33.0 Å². The quantitative estimate of drug-likeness (QED) is 0.234. The summed E-state index contributed by atoms with van der Waals surface area (Å²) in [4.78, 5) is 34.8. The molecule has 0 aliphatic carbocycles. The smallest absolute Gasteiger partial charge is 0.225 e. The number of aldehydes is 1. The topological polar surface area (TPSA) is 109 Å². The second kappa shape index (κ2) is 26.4. The van der Waals surface area contributed by atoms with Crippen molar-refractivity contribution in [3.05, 3.63) is 0 Å². The first kappa shape index (κ1) is 58.6. The second-order valence-electron chi connectivity index (χ2n) is 7.99. The van der Waals surface area contributed by atoms with Crippen molar-refractivity contribution < 1.29 is 36.4 Å². The minimum atomic E-state index is -1.51. The fourth-order valence-electron chi connectivity index (χ4n) is 4.17. The minimum Gasteiger partial charge on any atom is -1.00 e. The van der Waals surface area contributed by atoms with Crippen molar-refractivity contribution in [3.63, 3.8) is 0 Å². The molecule has 34 heavy (non-hydrogen) atoms. The van der Waals surface area contributed by atoms with Crippen LogP contribution in [0, 0.1) is 23.7 Å². The SMILES string of the molecule is C.C.C.C.C.C.C.C.CCC(CC(CC1C[N+](C)(C)CC1CC)C(=O)NC(O)C=O)C(N)=O.[Cl-]. The molecule has 216 valence electrons. The lowest BCUT2D eigenvalue weighted by atomic mass is 9.80. The number of rotatable bonds is 10. The summed E-state index contributed by atoms with van der Waals surface area (Å²) in [6.07, 6.45) is 1.38. The predicted octanol–water partition coefficient (Wildman–Crippen LogP) is 2.35. The summed E-state index contributed by atoms with van der Waals surface area (Å²) in [6.45, 7) is 6.08. The molecule has 0 spiro atoms. The van der Waals surface area contributed by atoms with Crippen LogP contribution in [-0.4, -0.2) is 61.1 Å². The van der Waals surface area contributed by atoms with Gasteiger partial charge in [-0.1, -0.05) is 73.3 Å². The first-order valence-electron chi connectivity index (χ1n) is 9.18. The Morgan fingerprint density at radius 1 is 0.971 bits per heavy atom. The largest absolute Gasteiger partial charge is 1.00 e. The molecule has 4 N–H and O–H groups in total. The molecule has 0 aromatic carbocycles. The van der Waals surface area contributed by atoms with Gasteiger partial charge in [-0.05, 0) is 25.7 Å². The van der Waals surface area contributed by atoms with Crippen molar-refractivity contribution in [2.45, 2.75) is 105 Å². The number of likely N-dealkylation sites (tertiary alicyclic amines) is 1. The average Bonchev–Trinajstić information content (AvgIpc) is 2.84. The average molecular weight is 520 g/mol. The molecule has 1 saturated heterocycles. The number of carbonyl (C=O) groups excluding carboxylic acids is 3. The number of amides is 2. The van der Waals surface area contributed by atoms with Crippen molar-refractivity contribution in [2.24, 2.45) is 29.4 Å². The van der Waals surface area contributed by atoms with E-state index in [2.05, 4.69) is 26.3 Å². The van der Waals surface area contributed by atoms with E-state index in [0.717, 1.165) is 24.0 Å². The van der Waals surface area contributed by atoms with Crippen LogP contribution in [0.1, 0.15) is 98.9 Å². The van der Waals surface area contributed by atoms with E-state index in [-0.39, 0.29) is 89.9 Å². The van der Waals surface area contributed by atoms with Gasteiger partial charge >= 0.3 is 0 Å². The van der Waals surface area contributed by atoms with Gasteiger partial charge in [-0.15, -0.1) is 0 Å². The van der Waals surface area contributed by atoms with Crippen LogP contribution in [0.3, 0.4) is 0 Å². The number of nitrogens with zero attached hydrogens (tertiary/aromatic N) is 1. The number of halogens is 1. The van der Waals surface area contributed by atoms with E-state index in [1.807, 2.05) is 6.92 Å². The highest BCUT2D eigenvalue weighted by Gasteiger charge is 2.41. The van der Waals surface area contributed by atoms with Crippen LogP contribution in [0.2, 0.25) is 0 Å². The highest BCUT2D eigenvalue weighted by Crippen LogP contribution is 2.35. The van der Waals surface area contributed by atoms with Gasteiger partial charge in [0, 0.05) is 23.7 Å². The Kier molecular flexibility index (Phi) is 45.5. The summed E-state index contributed by atoms with van der Waals surface area (Å²) in [6, 6.07) is 0. The first-order chi connectivity index (χ1) is 11.6. The molecule has 0 aromatic rings. The third-order valence-electron chi connectivity index (χ3n) is 5.49. The predicted molar refractivity (Wildman–Crippen MR) is 149 cm³/mol. The number of quaternary nitrogens is 1. The van der Waals surface area contributed by atoms with Crippen LogP contribution in [0.25, 0.3) is 0 Å². The van der Waals surface area contributed by atoms with Gasteiger partial charge in [0.25, 0.3) is 0 Å². The van der Waals surface area contributed by atoms with E-state index in [0.29, 0.717) is 31.1 Å². The lowest BCUT2D eigenvalue weighted by Crippen LogP contribution is -3.00. The zero-order valence-electron chi connectivity index (χ0n) is 16.3. The Labute approximate surface area is 221 Å². The number of nitrogens with two attached hydrogens (primary N) is 1. The number of primary amides is 1. The Morgan fingerprint density at radius 3 is 1.76 bits per heavy atom. The molecule has 8 heteroatoms. The van der Waals surface area contributed by atoms with E-state index in [1.165, 1.54) is 0 Å². The molecule has 0 bridgehead atoms. The molecule has 0 radical (unpaired) electrons. The zero-order chi connectivity index (χ0) is 19.2. The normalized spacial score (nSPS) is 19.0. The molecule has 7 nitrogen and oxygen atoms in total. The van der Waals surface area contributed by atoms with E-state index in [9.17, 15) is 19.5 Å². The summed E-state index contributed by atoms with van der Waals surface area (Å²) in [5, 5.41) is 11.7. The summed E-state index contributed by atoms with van der Waals surface area (Å²) >= 11 is 0. The lowest BCUT2D eigenvalue weighted by Gasteiger charge is -2.26. The monoisotopic (exact) mass is 519 g/mol. The summed E-state index contributed by atoms with van der Waals surface area (Å²) in [5.41, 5.74) is 5.45. The van der Waals surface area contributed by atoms with Gasteiger partial charge in [-0.25, -0.2) is 0 Å². The molecule has 1 heterocycles. The number of nitrogens with one attached hydrogen (secondary N) is 1. The summed E-state index contributed by atoms with van der Waals surface area (Å²) in [7, 11) is 4.37. The molecule has 5 atom stereocenters. The maximum absolute atomic E-state index is 12.5. The Balaban J connectivity index is -0.0000000992. The molecule has 5 unspecified atom stereocenters. The van der Waals surface area contributed by atoms with Crippen molar-refractivity contribution in [3.8, 4) is 0 Å². The first-order valence-corrected chi connectivity index (χ1v) is 9.18. The second-order valence-corrected chi connectivity index (χ2v) is 7.99. The Bertz CT molecular complexity index is 491. The maximum atomic E-state index is 12.5. The van der Waals surface area contributed by atoms with Gasteiger partial charge in [-0.3, -0.25) is 14.4 Å². The van der Waals surface area contributed by atoms with Crippen LogP contribution >= 0.6 is 0 Å². The molecular weight excluding hydrogens is 454 g/mol. The van der Waals surface area contributed by atoms with Gasteiger partial charge in [0.1, 0.15) is 0 Å². The molecule has 1 fully saturated rings. The van der Waals surface area contributed by atoms with Crippen LogP contribution in [-0.2, 0) is 14.4 Å². The van der Waals surface area contributed by atoms with Crippen LogP contribution in [0.15, 0.2) is 0 Å². The number of hydrogen-bond donors (Lipinski definition) is 3. The Morgan fingerprint density at radius 2 is 1.41 bits per heavy atom. The van der Waals surface area contributed by atoms with Crippen LogP contribution < -0.4 is 23.5 Å². The van der Waals surface area contributed by atoms with Crippen molar-refractivity contribution in [1.29, 1.82) is 0 Å². The third-order valence-corrected chi connectivity index (χ3v) is 5.49. The van der Waals surface area contributed by atoms with E-state index in [4.69, 9.17) is 5.73 Å². The molecule has 1 aliphatic heterocycles. The highest BCUT2D eigenvalue weighted by molar-refractivity contribution is 5.82. The van der Waals surface area contributed by atoms with Crippen LogP contribution in [0.5, 0.6) is 0 Å². The lowest BCUT2D eigenvalue weighted by molar-refractivity contribution is -0.880. The van der Waals surface area contributed by atoms with Crippen LogP contribution in [0.4, 0.5) is 0 Å². The van der Waals surface area contributed by atoms with E-state index >= 15 is 0 Å². The fraction of sp³-hybridized carbons (Fsp3) is 0.885. The molecule has 0 aromatic heterocycles. The zero-order valence-corrected chi connectivity index (χ0v) is 17.0. The molecule has 0 saturated carbocycles. The van der Waals surface area contributed by atoms with Gasteiger partial charge in [-0.2, -0.15) is 0 Å². The fourth-order valence-corrected chi connectivity index (χ4v) is 4.17. The summed E-state index contributed by atoms with van der Waals surface area (Å²) in [5.74, 6) is -0.723. The number of hydrogen-bond acceptors (Lipinski definition) is 4. The van der Waals surface area contributed by atoms with E-state index in [1.54, 1.807) is 0 Å². The Hall–Kier alpha value is -1.18. The minimum absolute atomic E-state index is 0. The standard InChI is InChI=1S/C18H33N3O4.8CH4.ClH/c1-5-12(17(19)24)7-14(18(25)20-16(23)11-22)8-15-10-21(3,4)9-13(15)6-2;;;;;;;;;/h11-16,23H,5-10H2,1-4H3,(H2-,19,20,24,25);8*1H4;1H. The van der Waals surface area contributed by atoms with Gasteiger partial charge in [0.2, 0.25) is 11.8 Å². The highest BCUT2D eigenvalue weighted by atomic mass is 35.5. The molecule has 1 aliphatic rings. The van der Waals surface area contributed by atoms with E-state index < -0.39 is 18.1 Å². The van der Waals surface area contributed by atoms with Crippen molar-refractivity contribution in [2.75, 3.05) is 27.2 Å².